The van der Waals surface area contributed by atoms with Gasteiger partial charge in [-0.15, -0.1) is 0 Å². The average Bonchev–Trinajstić information content (AvgIpc) is 3.04. The van der Waals surface area contributed by atoms with E-state index in [1.165, 1.54) is 0 Å². The van der Waals surface area contributed by atoms with Gasteiger partial charge in [0.1, 0.15) is 5.82 Å². The van der Waals surface area contributed by atoms with E-state index in [-0.39, 0.29) is 5.78 Å². The fraction of sp³-hybridized carbons (Fsp3) is 0.0870. The number of Topliss-reactive ketones (excluding diaryl/α,β-unsaturated/α-hetero) is 1. The minimum Gasteiger partial charge on any atom is -0.332 e. The van der Waals surface area contributed by atoms with Crippen molar-refractivity contribution in [2.24, 2.45) is 0 Å². The molecule has 4 rings (SSSR count). The van der Waals surface area contributed by atoms with Crippen LogP contribution in [0.2, 0.25) is 0 Å². The highest BCUT2D eigenvalue weighted by Gasteiger charge is 2.10. The molecule has 1 heterocycles. The number of carbonyl (C=O) groups excluding carboxylic acids is 1. The number of nitrogens with zero attached hydrogens (tertiary/aromatic N) is 2. The Labute approximate surface area is 174 Å². The minimum atomic E-state index is 0.0378. The molecule has 0 bridgehead atoms. The van der Waals surface area contributed by atoms with Gasteiger partial charge in [0, 0.05) is 22.6 Å². The predicted molar refractivity (Wildman–Crippen MR) is 122 cm³/mol. The molecule has 0 unspecified atom stereocenters. The standard InChI is InChI=1S/C23H20N4OS/c1-15(28)17-8-10-18(11-9-17)25-23(29)26-19-12-13-22-21(14-19)24-16(2)27(22)20-6-4-3-5-7-20/h3-14H,1-2H3,(H2,25,26,29). The second kappa shape index (κ2) is 7.85. The van der Waals surface area contributed by atoms with Crippen molar-refractivity contribution in [2.45, 2.75) is 13.8 Å². The molecule has 0 amide bonds. The number of thiocarbonyl (C=S) groups is 1. The largest absolute Gasteiger partial charge is 0.332 e. The molecule has 29 heavy (non-hydrogen) atoms. The lowest BCUT2D eigenvalue weighted by molar-refractivity contribution is 0.101. The van der Waals surface area contributed by atoms with Crippen LogP contribution in [0.25, 0.3) is 16.7 Å². The van der Waals surface area contributed by atoms with Crippen LogP contribution < -0.4 is 10.6 Å². The number of anilines is 2. The van der Waals surface area contributed by atoms with Crippen LogP contribution in [0.1, 0.15) is 23.1 Å². The zero-order valence-corrected chi connectivity index (χ0v) is 17.0. The number of hydrogen-bond acceptors (Lipinski definition) is 3. The van der Waals surface area contributed by atoms with Crippen molar-refractivity contribution >= 4 is 45.5 Å². The van der Waals surface area contributed by atoms with E-state index >= 15 is 0 Å². The molecular formula is C23H20N4OS. The predicted octanol–water partition coefficient (Wildman–Crippen LogP) is 5.35. The number of imidazole rings is 1. The maximum absolute atomic E-state index is 11.4. The van der Waals surface area contributed by atoms with Crippen molar-refractivity contribution in [3.63, 3.8) is 0 Å². The number of para-hydroxylation sites is 1. The van der Waals surface area contributed by atoms with Gasteiger partial charge in [0.25, 0.3) is 0 Å². The first-order valence-corrected chi connectivity index (χ1v) is 9.65. The van der Waals surface area contributed by atoms with Gasteiger partial charge in [-0.1, -0.05) is 18.2 Å². The number of carbonyl (C=O) groups is 1. The molecule has 0 atom stereocenters. The quantitative estimate of drug-likeness (QED) is 0.357. The molecule has 0 spiro atoms. The van der Waals surface area contributed by atoms with E-state index in [0.717, 1.165) is 33.9 Å². The second-order valence-corrected chi connectivity index (χ2v) is 7.15. The third-order valence-electron chi connectivity index (χ3n) is 4.64. The molecule has 0 fully saturated rings. The number of nitrogens with one attached hydrogen (secondary N) is 2. The van der Waals surface area contributed by atoms with E-state index in [1.54, 1.807) is 19.1 Å². The molecule has 144 valence electrons. The summed E-state index contributed by atoms with van der Waals surface area (Å²) in [7, 11) is 0. The second-order valence-electron chi connectivity index (χ2n) is 6.75. The minimum absolute atomic E-state index is 0.0378. The highest BCUT2D eigenvalue weighted by atomic mass is 32.1. The van der Waals surface area contributed by atoms with E-state index < -0.39 is 0 Å². The number of aromatic nitrogens is 2. The van der Waals surface area contributed by atoms with E-state index in [1.807, 2.05) is 55.5 Å². The van der Waals surface area contributed by atoms with Crippen LogP contribution in [0.4, 0.5) is 11.4 Å². The number of aryl methyl sites for hydroxylation is 1. The summed E-state index contributed by atoms with van der Waals surface area (Å²) in [6.45, 7) is 3.54. The molecule has 0 saturated heterocycles. The lowest BCUT2D eigenvalue weighted by Crippen LogP contribution is -2.19. The molecule has 3 aromatic carbocycles. The van der Waals surface area contributed by atoms with Gasteiger partial charge in [-0.05, 0) is 80.7 Å². The lowest BCUT2D eigenvalue weighted by atomic mass is 10.1. The van der Waals surface area contributed by atoms with E-state index in [4.69, 9.17) is 17.2 Å². The summed E-state index contributed by atoms with van der Waals surface area (Å²) >= 11 is 5.42. The molecule has 4 aromatic rings. The summed E-state index contributed by atoms with van der Waals surface area (Å²) < 4.78 is 2.13. The normalized spacial score (nSPS) is 10.7. The van der Waals surface area contributed by atoms with Crippen LogP contribution in [0.15, 0.2) is 72.8 Å². The third kappa shape index (κ3) is 4.02. The molecule has 0 aliphatic heterocycles. The Morgan fingerprint density at radius 1 is 0.931 bits per heavy atom. The zero-order chi connectivity index (χ0) is 20.4. The van der Waals surface area contributed by atoms with Gasteiger partial charge in [0.05, 0.1) is 11.0 Å². The summed E-state index contributed by atoms with van der Waals surface area (Å²) in [4.78, 5) is 16.1. The van der Waals surface area contributed by atoms with Crippen molar-refractivity contribution in [3.8, 4) is 5.69 Å². The number of rotatable bonds is 4. The van der Waals surface area contributed by atoms with Crippen molar-refractivity contribution < 1.29 is 4.79 Å². The lowest BCUT2D eigenvalue weighted by Gasteiger charge is -2.11. The first-order valence-electron chi connectivity index (χ1n) is 9.25. The van der Waals surface area contributed by atoms with Crippen LogP contribution in [-0.2, 0) is 0 Å². The fourth-order valence-corrected chi connectivity index (χ4v) is 3.50. The van der Waals surface area contributed by atoms with Gasteiger partial charge >= 0.3 is 0 Å². The molecule has 0 saturated carbocycles. The first-order chi connectivity index (χ1) is 14.0. The van der Waals surface area contributed by atoms with Crippen molar-refractivity contribution in [1.82, 2.24) is 9.55 Å². The Kier molecular flexibility index (Phi) is 5.10. The van der Waals surface area contributed by atoms with E-state index in [9.17, 15) is 4.79 Å². The average molecular weight is 401 g/mol. The summed E-state index contributed by atoms with van der Waals surface area (Å²) in [6, 6.07) is 23.4. The number of ketones is 1. The molecule has 2 N–H and O–H groups in total. The van der Waals surface area contributed by atoms with Crippen molar-refractivity contribution in [3.05, 3.63) is 84.2 Å². The summed E-state index contributed by atoms with van der Waals surface area (Å²) in [5, 5.41) is 6.79. The Balaban J connectivity index is 1.53. The molecule has 5 nitrogen and oxygen atoms in total. The zero-order valence-electron chi connectivity index (χ0n) is 16.1. The topological polar surface area (TPSA) is 59.0 Å². The Hall–Kier alpha value is -3.51. The van der Waals surface area contributed by atoms with Gasteiger partial charge in [0.2, 0.25) is 0 Å². The third-order valence-corrected chi connectivity index (χ3v) is 4.85. The Morgan fingerprint density at radius 3 is 2.28 bits per heavy atom. The van der Waals surface area contributed by atoms with Crippen LogP contribution in [0, 0.1) is 6.92 Å². The first kappa shape index (κ1) is 18.8. The number of fused-ring (bicyclic) bond motifs is 1. The van der Waals surface area contributed by atoms with Gasteiger partial charge in [-0.25, -0.2) is 4.98 Å². The molecule has 0 aliphatic carbocycles. The van der Waals surface area contributed by atoms with E-state index in [0.29, 0.717) is 10.7 Å². The summed E-state index contributed by atoms with van der Waals surface area (Å²) in [5.41, 5.74) is 5.36. The maximum Gasteiger partial charge on any atom is 0.175 e. The highest BCUT2D eigenvalue weighted by molar-refractivity contribution is 7.80. The number of benzene rings is 3. The van der Waals surface area contributed by atoms with Gasteiger partial charge in [-0.3, -0.25) is 9.36 Å². The van der Waals surface area contributed by atoms with Crippen LogP contribution >= 0.6 is 12.2 Å². The van der Waals surface area contributed by atoms with E-state index in [2.05, 4.69) is 27.3 Å². The van der Waals surface area contributed by atoms with Gasteiger partial charge in [0.15, 0.2) is 10.9 Å². The molecule has 6 heteroatoms. The highest BCUT2D eigenvalue weighted by Crippen LogP contribution is 2.24. The Morgan fingerprint density at radius 2 is 1.59 bits per heavy atom. The molecule has 0 radical (unpaired) electrons. The summed E-state index contributed by atoms with van der Waals surface area (Å²) in [6.07, 6.45) is 0. The fourth-order valence-electron chi connectivity index (χ4n) is 3.26. The molecule has 1 aromatic heterocycles. The maximum atomic E-state index is 11.4. The SMILES string of the molecule is CC(=O)c1ccc(NC(=S)Nc2ccc3c(c2)nc(C)n3-c2ccccc2)cc1. The molecular weight excluding hydrogens is 380 g/mol. The van der Waals surface area contributed by atoms with Crippen molar-refractivity contribution in [1.29, 1.82) is 0 Å². The monoisotopic (exact) mass is 400 g/mol. The van der Waals surface area contributed by atoms with Crippen molar-refractivity contribution in [2.75, 3.05) is 10.6 Å². The van der Waals surface area contributed by atoms with Crippen LogP contribution in [-0.4, -0.2) is 20.4 Å². The summed E-state index contributed by atoms with van der Waals surface area (Å²) in [5.74, 6) is 0.963. The van der Waals surface area contributed by atoms with Gasteiger partial charge < -0.3 is 10.6 Å². The molecule has 0 aliphatic rings. The van der Waals surface area contributed by atoms with Crippen LogP contribution in [0.3, 0.4) is 0 Å². The van der Waals surface area contributed by atoms with Gasteiger partial charge in [-0.2, -0.15) is 0 Å². The smallest absolute Gasteiger partial charge is 0.175 e. The Bertz CT molecular complexity index is 1200. The number of hydrogen-bond donors (Lipinski definition) is 2. The van der Waals surface area contributed by atoms with Crippen LogP contribution in [0.5, 0.6) is 0 Å².